The number of rotatable bonds is 56. The maximum absolute atomic E-state index is 14.8. The molecule has 0 unspecified atom stereocenters. The lowest BCUT2D eigenvalue weighted by atomic mass is 9.98. The number of carboxylic acids is 1. The van der Waals surface area contributed by atoms with Gasteiger partial charge in [0.25, 0.3) is 0 Å². The summed E-state index contributed by atoms with van der Waals surface area (Å²) in [6.07, 6.45) is -1.69. The Kier molecular flexibility index (Phi) is 47.7. The number of nitrogens with zero attached hydrogens (tertiary/aromatic N) is 2. The summed E-state index contributed by atoms with van der Waals surface area (Å²) in [5.74, 6) is -22.1. The zero-order chi connectivity index (χ0) is 99.3. The summed E-state index contributed by atoms with van der Waals surface area (Å²) in [6, 6.07) is -16.8. The van der Waals surface area contributed by atoms with E-state index in [1.807, 2.05) is 13.8 Å². The van der Waals surface area contributed by atoms with E-state index in [-0.39, 0.29) is 126 Å². The second-order valence-corrected chi connectivity index (χ2v) is 36.2. The fraction of sp³-hybridized carbons (Fsp3) is 0.682. The van der Waals surface area contributed by atoms with E-state index in [9.17, 15) is 106 Å². The minimum absolute atomic E-state index is 0.00317. The van der Waals surface area contributed by atoms with Gasteiger partial charge in [0.2, 0.25) is 112 Å². The third-order valence-corrected chi connectivity index (χ3v) is 22.1. The molecule has 2 aliphatic heterocycles. The molecule has 734 valence electrons. The highest BCUT2D eigenvalue weighted by molar-refractivity contribution is 7.80. The standard InChI is InChI=1S/C85H141N23O22S/c1-40(2)33-53(100-78(123)65(89)43(7)8)72(117)95-50(26-28-61(86)110)70(115)93-38-64(113)104-66(44(9)10)79(124)102-57(35-42(5)6)83(128)107-31-17-20-59(107)76(121)94-47(15)69(114)101-56(34-41(3)4)82(127)108-32-18-21-60(108)77(122)96-51(27-29-62(87)111)71(116)105-68(46(13)14)81(126)106-67(45(11)12)80(125)103-58(39-131)75(120)99-55(37-63(88)112)74(119)98-54(36-48-22-24-49(109)25-23-48)73(118)97-52(84(129)130)19-16-30-92-85(90)91/h22-25,40-47,50-60,65-68,109,131H,16-21,26-39,89H2,1-15H3,(H2,86,110)(H2,87,111)(H2,88,112)(H,93,115)(H,94,121)(H,95,117)(H,96,122)(H,97,118)(H,98,119)(H,99,120)(H,100,123)(H,101,114)(H,102,124)(H,103,125)(H,104,113)(H,105,116)(H,106,126)(H,129,130)(H4,90,91,92)/t47-,50-,51-,52-,53-,54-,55-,56-,57-,58-,59-,60-,65-,66-,67-,68-/m0/s1. The van der Waals surface area contributed by atoms with E-state index in [0.29, 0.717) is 12.0 Å². The van der Waals surface area contributed by atoms with Crippen molar-refractivity contribution in [1.82, 2.24) is 89.6 Å². The quantitative estimate of drug-likeness (QED) is 0.0126. The van der Waals surface area contributed by atoms with Crippen LogP contribution in [0.1, 0.15) is 199 Å². The van der Waals surface area contributed by atoms with Gasteiger partial charge in [-0.25, -0.2) is 4.79 Å². The Labute approximate surface area is 768 Å². The van der Waals surface area contributed by atoms with Crippen molar-refractivity contribution >= 4 is 137 Å². The molecule has 0 aliphatic carbocycles. The summed E-state index contributed by atoms with van der Waals surface area (Å²) in [5.41, 5.74) is 28.2. The average Bonchev–Trinajstić information content (AvgIpc) is 1.72. The number of hydrogen-bond acceptors (Lipinski definition) is 24. The van der Waals surface area contributed by atoms with E-state index in [1.54, 1.807) is 69.2 Å². The number of phenols is 1. The fourth-order valence-electron chi connectivity index (χ4n) is 14.4. The van der Waals surface area contributed by atoms with Gasteiger partial charge in [-0.15, -0.1) is 0 Å². The van der Waals surface area contributed by atoms with E-state index < -0.39 is 264 Å². The molecule has 2 saturated heterocycles. The first-order chi connectivity index (χ1) is 61.2. The molecule has 28 N–H and O–H groups in total. The number of primary amides is 3. The van der Waals surface area contributed by atoms with Gasteiger partial charge in [-0.2, -0.15) is 12.6 Å². The Morgan fingerprint density at radius 1 is 0.420 bits per heavy atom. The summed E-state index contributed by atoms with van der Waals surface area (Å²) in [4.78, 5) is 277. The van der Waals surface area contributed by atoms with Crippen LogP contribution in [0, 0.1) is 46.8 Å². The molecule has 3 rings (SSSR count). The van der Waals surface area contributed by atoms with Crippen molar-refractivity contribution < 1.29 is 106 Å². The number of aliphatic carboxylic acids is 1. The van der Waals surface area contributed by atoms with Gasteiger partial charge < -0.3 is 128 Å². The molecule has 0 spiro atoms. The molecule has 1 aromatic carbocycles. The van der Waals surface area contributed by atoms with Crippen LogP contribution in [0.4, 0.5) is 0 Å². The van der Waals surface area contributed by atoms with Crippen LogP contribution in [0.15, 0.2) is 24.3 Å². The van der Waals surface area contributed by atoms with Crippen LogP contribution in [0.3, 0.4) is 0 Å². The molecular weight excluding hydrogens is 1730 g/mol. The normalized spacial score (nSPS) is 16.9. The first kappa shape index (κ1) is 113. The molecule has 2 fully saturated rings. The van der Waals surface area contributed by atoms with Crippen molar-refractivity contribution in [3.8, 4) is 5.75 Å². The van der Waals surface area contributed by atoms with Gasteiger partial charge in [-0.1, -0.05) is 109 Å². The van der Waals surface area contributed by atoms with Crippen LogP contribution < -0.4 is 108 Å². The van der Waals surface area contributed by atoms with Crippen LogP contribution in [0.25, 0.3) is 0 Å². The van der Waals surface area contributed by atoms with Crippen molar-refractivity contribution in [2.75, 3.05) is 31.9 Å². The number of phenolic OH excluding ortho intramolecular Hbond substituents is 1. The van der Waals surface area contributed by atoms with Gasteiger partial charge in [0.15, 0.2) is 5.96 Å². The monoisotopic (exact) mass is 1870 g/mol. The number of nitrogens with one attached hydrogen (secondary N) is 16. The summed E-state index contributed by atoms with van der Waals surface area (Å²) in [6.45, 7) is 24.4. The first-order valence-electron chi connectivity index (χ1n) is 44.3. The van der Waals surface area contributed by atoms with Gasteiger partial charge in [0, 0.05) is 44.6 Å². The largest absolute Gasteiger partial charge is 0.508 e. The minimum atomic E-state index is -1.84. The molecule has 0 radical (unpaired) electrons. The van der Waals surface area contributed by atoms with E-state index in [0.717, 1.165) is 0 Å². The van der Waals surface area contributed by atoms with Crippen LogP contribution >= 0.6 is 12.6 Å². The van der Waals surface area contributed by atoms with Crippen molar-refractivity contribution in [2.24, 2.45) is 70.1 Å². The fourth-order valence-corrected chi connectivity index (χ4v) is 14.7. The maximum atomic E-state index is 14.8. The molecule has 1 aromatic rings. The smallest absolute Gasteiger partial charge is 0.326 e. The van der Waals surface area contributed by atoms with Crippen LogP contribution in [-0.4, -0.2) is 273 Å². The van der Waals surface area contributed by atoms with Gasteiger partial charge in [-0.3, -0.25) is 96.5 Å². The molecule has 46 heteroatoms. The SMILES string of the molecule is CC(C)C[C@H](NC(=O)[C@@H](N)C(C)C)C(=O)N[C@@H](CCC(N)=O)C(=O)NCC(=O)N[C@H](C(=O)N[C@@H](CC(C)C)C(=O)N1CCC[C@H]1C(=O)N[C@@H](C)C(=O)N[C@@H](CC(C)C)C(=O)N1CCC[C@H]1C(=O)N[C@@H](CCC(N)=O)C(=O)N[C@H](C(=O)N[C@H](C(=O)N[C@@H](CS)C(=O)N[C@@H](CC(N)=O)C(=O)N[C@@H](Cc1ccc(O)cc1)C(=O)N[C@@H](CCCNC(=N)N)C(=O)O)C(C)C)C(C)C)C(C)C. The molecule has 131 heavy (non-hydrogen) atoms. The summed E-state index contributed by atoms with van der Waals surface area (Å²) in [5, 5.41) is 65.4. The molecule has 19 amide bonds. The number of carbonyl (C=O) groups excluding carboxylic acids is 19. The van der Waals surface area contributed by atoms with Crippen molar-refractivity contribution in [3.63, 3.8) is 0 Å². The molecule has 0 bridgehead atoms. The van der Waals surface area contributed by atoms with Crippen LogP contribution in [-0.2, 0) is 102 Å². The Bertz CT molecular complexity index is 4170. The third kappa shape index (κ3) is 38.9. The molecular formula is C85H141N23O22S. The lowest BCUT2D eigenvalue weighted by molar-refractivity contribution is -0.144. The highest BCUT2D eigenvalue weighted by atomic mass is 32.1. The predicted molar refractivity (Wildman–Crippen MR) is 482 cm³/mol. The Morgan fingerprint density at radius 3 is 1.27 bits per heavy atom. The number of amides is 19. The Balaban J connectivity index is 1.78. The zero-order valence-electron chi connectivity index (χ0n) is 77.5. The number of guanidine groups is 1. The van der Waals surface area contributed by atoms with E-state index in [2.05, 4.69) is 92.4 Å². The van der Waals surface area contributed by atoms with Crippen LogP contribution in [0.2, 0.25) is 0 Å². The number of aromatic hydroxyl groups is 1. The van der Waals surface area contributed by atoms with E-state index in [1.165, 1.54) is 54.8 Å². The second-order valence-electron chi connectivity index (χ2n) is 35.8. The van der Waals surface area contributed by atoms with Gasteiger partial charge >= 0.3 is 5.97 Å². The lowest BCUT2D eigenvalue weighted by Crippen LogP contribution is -2.62. The van der Waals surface area contributed by atoms with Crippen molar-refractivity contribution in [1.29, 1.82) is 5.41 Å². The maximum Gasteiger partial charge on any atom is 0.326 e. The number of carboxylic acid groups (broad SMARTS) is 1. The van der Waals surface area contributed by atoms with Crippen molar-refractivity contribution in [2.45, 2.75) is 297 Å². The van der Waals surface area contributed by atoms with E-state index in [4.69, 9.17) is 34.1 Å². The molecule has 16 atom stereocenters. The van der Waals surface area contributed by atoms with Crippen molar-refractivity contribution in [3.05, 3.63) is 29.8 Å². The molecule has 45 nitrogen and oxygen atoms in total. The van der Waals surface area contributed by atoms with Gasteiger partial charge in [-0.05, 0) is 137 Å². The zero-order valence-corrected chi connectivity index (χ0v) is 78.4. The van der Waals surface area contributed by atoms with Crippen LogP contribution in [0.5, 0.6) is 5.75 Å². The number of carbonyl (C=O) groups is 20. The third-order valence-electron chi connectivity index (χ3n) is 21.7. The number of hydrogen-bond donors (Lipinski definition) is 24. The predicted octanol–water partition coefficient (Wildman–Crippen LogP) is -4.87. The molecule has 0 saturated carbocycles. The summed E-state index contributed by atoms with van der Waals surface area (Å²) < 4.78 is 0. The lowest BCUT2D eigenvalue weighted by Gasteiger charge is -2.32. The molecule has 0 aromatic heterocycles. The highest BCUT2D eigenvalue weighted by Gasteiger charge is 2.45. The highest BCUT2D eigenvalue weighted by Crippen LogP contribution is 2.25. The number of benzene rings is 1. The van der Waals surface area contributed by atoms with Gasteiger partial charge in [0.05, 0.1) is 19.0 Å². The summed E-state index contributed by atoms with van der Waals surface area (Å²) >= 11 is 4.24. The number of nitrogens with two attached hydrogens (primary N) is 5. The minimum Gasteiger partial charge on any atom is -0.508 e. The first-order valence-corrected chi connectivity index (χ1v) is 44.9. The topological polar surface area (TPSA) is 723 Å². The van der Waals surface area contributed by atoms with Gasteiger partial charge in [0.1, 0.15) is 96.4 Å². The summed E-state index contributed by atoms with van der Waals surface area (Å²) in [7, 11) is 0. The molecule has 2 heterocycles. The second kappa shape index (κ2) is 55.2. The van der Waals surface area contributed by atoms with E-state index >= 15 is 0 Å². The molecule has 2 aliphatic rings. The number of thiol groups is 1. The average molecular weight is 1870 g/mol. The Morgan fingerprint density at radius 2 is 0.809 bits per heavy atom. The number of likely N-dealkylation sites (tertiary alicyclic amines) is 2. The Hall–Kier alpha value is -12.0.